The van der Waals surface area contributed by atoms with Gasteiger partial charge in [-0.2, -0.15) is 5.10 Å². The van der Waals surface area contributed by atoms with Gasteiger partial charge in [0.1, 0.15) is 0 Å². The van der Waals surface area contributed by atoms with Crippen molar-refractivity contribution in [1.29, 1.82) is 0 Å². The summed E-state index contributed by atoms with van der Waals surface area (Å²) in [6, 6.07) is 10.3. The summed E-state index contributed by atoms with van der Waals surface area (Å²) in [6.07, 6.45) is 2.77. The zero-order valence-electron chi connectivity index (χ0n) is 9.35. The van der Waals surface area contributed by atoms with Crippen molar-refractivity contribution in [1.82, 2.24) is 9.78 Å². The maximum Gasteiger partial charge on any atom is 0.171 e. The predicted molar refractivity (Wildman–Crippen MR) is 66.3 cm³/mol. The zero-order chi connectivity index (χ0) is 11.4. The van der Waals surface area contributed by atoms with Gasteiger partial charge in [-0.15, -0.1) is 0 Å². The molecule has 0 aliphatic heterocycles. The van der Waals surface area contributed by atoms with Crippen LogP contribution in [0.3, 0.4) is 0 Å². The van der Waals surface area contributed by atoms with Crippen LogP contribution >= 0.6 is 0 Å². The van der Waals surface area contributed by atoms with Crippen molar-refractivity contribution in [2.45, 2.75) is 6.42 Å². The second-order valence-electron chi connectivity index (χ2n) is 3.77. The van der Waals surface area contributed by atoms with Gasteiger partial charge in [0.05, 0.1) is 5.69 Å². The van der Waals surface area contributed by atoms with Crippen molar-refractivity contribution < 1.29 is 0 Å². The molecule has 0 amide bonds. The number of benzene rings is 1. The minimum Gasteiger partial charge on any atom is -0.394 e. The predicted octanol–water partition coefficient (Wildman–Crippen LogP) is 1.66. The first-order chi connectivity index (χ1) is 7.75. The quantitative estimate of drug-likeness (QED) is 0.817. The van der Waals surface area contributed by atoms with Crippen LogP contribution in [0, 0.1) is 0 Å². The number of nitrogen functional groups attached to an aromatic ring is 1. The second-order valence-corrected chi connectivity index (χ2v) is 3.77. The first kappa shape index (κ1) is 10.5. The molecule has 1 aromatic heterocycles. The summed E-state index contributed by atoms with van der Waals surface area (Å²) in [5, 5.41) is 7.45. The van der Waals surface area contributed by atoms with Crippen molar-refractivity contribution in [3.8, 4) is 0 Å². The topological polar surface area (TPSA) is 55.9 Å². The molecule has 84 valence electrons. The number of nitrogens with zero attached hydrogens (tertiary/aromatic N) is 2. The monoisotopic (exact) mass is 216 g/mol. The van der Waals surface area contributed by atoms with Crippen molar-refractivity contribution in [3.05, 3.63) is 42.1 Å². The fraction of sp³-hybridized carbons (Fsp3) is 0.250. The normalized spacial score (nSPS) is 10.3. The summed E-state index contributed by atoms with van der Waals surface area (Å²) in [5.74, 6) is 0.762. The average Bonchev–Trinajstić information content (AvgIpc) is 2.59. The molecule has 2 aromatic rings. The minimum atomic E-state index is 0.690. The molecule has 0 spiro atoms. The Morgan fingerprint density at radius 3 is 2.69 bits per heavy atom. The SMILES string of the molecule is Cn1cc(N)c(NCCc2ccccc2)n1. The van der Waals surface area contributed by atoms with Crippen LogP contribution in [0.5, 0.6) is 0 Å². The van der Waals surface area contributed by atoms with E-state index in [0.29, 0.717) is 5.69 Å². The van der Waals surface area contributed by atoms with Gasteiger partial charge in [-0.05, 0) is 12.0 Å². The Bertz CT molecular complexity index is 447. The van der Waals surface area contributed by atoms with Crippen molar-refractivity contribution in [2.24, 2.45) is 7.05 Å². The summed E-state index contributed by atoms with van der Waals surface area (Å²) in [5.41, 5.74) is 7.78. The van der Waals surface area contributed by atoms with Gasteiger partial charge < -0.3 is 11.1 Å². The maximum atomic E-state index is 5.78. The molecule has 0 atom stereocenters. The van der Waals surface area contributed by atoms with Crippen LogP contribution in [-0.2, 0) is 13.5 Å². The molecule has 4 heteroatoms. The molecule has 0 radical (unpaired) electrons. The Kier molecular flexibility index (Phi) is 3.10. The Morgan fingerprint density at radius 1 is 1.31 bits per heavy atom. The molecule has 0 saturated heterocycles. The fourth-order valence-electron chi connectivity index (χ4n) is 1.61. The van der Waals surface area contributed by atoms with Crippen LogP contribution in [0.1, 0.15) is 5.56 Å². The lowest BCUT2D eigenvalue weighted by molar-refractivity contribution is 0.768. The summed E-state index contributed by atoms with van der Waals surface area (Å²) >= 11 is 0. The maximum absolute atomic E-state index is 5.78. The summed E-state index contributed by atoms with van der Waals surface area (Å²) in [6.45, 7) is 0.839. The van der Waals surface area contributed by atoms with Gasteiger partial charge in [-0.1, -0.05) is 30.3 Å². The average molecular weight is 216 g/mol. The van der Waals surface area contributed by atoms with Gasteiger partial charge in [-0.25, -0.2) is 0 Å². The number of aromatic nitrogens is 2. The standard InChI is InChI=1S/C12H16N4/c1-16-9-11(13)12(15-16)14-8-7-10-5-3-2-4-6-10/h2-6,9H,7-8,13H2,1H3,(H,14,15). The third-order valence-electron chi connectivity index (χ3n) is 2.41. The lowest BCUT2D eigenvalue weighted by atomic mass is 10.1. The second kappa shape index (κ2) is 4.70. The van der Waals surface area contributed by atoms with Gasteiger partial charge in [0.2, 0.25) is 0 Å². The number of hydrogen-bond donors (Lipinski definition) is 2. The van der Waals surface area contributed by atoms with Crippen LogP contribution in [0.15, 0.2) is 36.5 Å². The number of hydrogen-bond acceptors (Lipinski definition) is 3. The number of nitrogens with one attached hydrogen (secondary N) is 1. The van der Waals surface area contributed by atoms with E-state index in [1.54, 1.807) is 10.9 Å². The lowest BCUT2D eigenvalue weighted by Crippen LogP contribution is -2.07. The van der Waals surface area contributed by atoms with Crippen LogP contribution in [0.4, 0.5) is 11.5 Å². The Morgan fingerprint density at radius 2 is 2.06 bits per heavy atom. The minimum absolute atomic E-state index is 0.690. The van der Waals surface area contributed by atoms with E-state index in [1.807, 2.05) is 25.2 Å². The smallest absolute Gasteiger partial charge is 0.171 e. The van der Waals surface area contributed by atoms with Crippen LogP contribution in [-0.4, -0.2) is 16.3 Å². The van der Waals surface area contributed by atoms with Gasteiger partial charge in [0.25, 0.3) is 0 Å². The molecule has 0 saturated carbocycles. The summed E-state index contributed by atoms with van der Waals surface area (Å²) < 4.78 is 1.71. The first-order valence-corrected chi connectivity index (χ1v) is 5.32. The highest BCUT2D eigenvalue weighted by Gasteiger charge is 2.02. The largest absolute Gasteiger partial charge is 0.394 e. The Balaban J connectivity index is 1.87. The third-order valence-corrected chi connectivity index (χ3v) is 2.41. The van der Waals surface area contributed by atoms with Crippen molar-refractivity contribution in [2.75, 3.05) is 17.6 Å². The zero-order valence-corrected chi connectivity index (χ0v) is 9.35. The summed E-state index contributed by atoms with van der Waals surface area (Å²) in [4.78, 5) is 0. The highest BCUT2D eigenvalue weighted by Crippen LogP contribution is 2.13. The Labute approximate surface area is 95.1 Å². The number of rotatable bonds is 4. The van der Waals surface area contributed by atoms with Gasteiger partial charge in [-0.3, -0.25) is 4.68 Å². The Hall–Kier alpha value is -1.97. The molecule has 2 rings (SSSR count). The van der Waals surface area contributed by atoms with Crippen molar-refractivity contribution >= 4 is 11.5 Å². The molecule has 16 heavy (non-hydrogen) atoms. The molecule has 0 aliphatic carbocycles. The molecule has 0 unspecified atom stereocenters. The molecular formula is C12H16N4. The number of anilines is 2. The van der Waals surface area contributed by atoms with E-state index < -0.39 is 0 Å². The number of nitrogens with two attached hydrogens (primary N) is 1. The van der Waals surface area contributed by atoms with Crippen molar-refractivity contribution in [3.63, 3.8) is 0 Å². The molecule has 0 bridgehead atoms. The van der Waals surface area contributed by atoms with E-state index in [-0.39, 0.29) is 0 Å². The highest BCUT2D eigenvalue weighted by molar-refractivity contribution is 5.59. The van der Waals surface area contributed by atoms with Gasteiger partial charge in [0.15, 0.2) is 5.82 Å². The first-order valence-electron chi connectivity index (χ1n) is 5.32. The van der Waals surface area contributed by atoms with E-state index in [2.05, 4.69) is 22.5 Å². The van der Waals surface area contributed by atoms with E-state index >= 15 is 0 Å². The molecule has 4 nitrogen and oxygen atoms in total. The van der Waals surface area contributed by atoms with E-state index in [9.17, 15) is 0 Å². The molecule has 1 aromatic carbocycles. The van der Waals surface area contributed by atoms with E-state index in [0.717, 1.165) is 18.8 Å². The summed E-state index contributed by atoms with van der Waals surface area (Å²) in [7, 11) is 1.86. The van der Waals surface area contributed by atoms with Crippen LogP contribution in [0.25, 0.3) is 0 Å². The van der Waals surface area contributed by atoms with E-state index in [4.69, 9.17) is 5.73 Å². The van der Waals surface area contributed by atoms with E-state index in [1.165, 1.54) is 5.56 Å². The van der Waals surface area contributed by atoms with Crippen LogP contribution < -0.4 is 11.1 Å². The highest BCUT2D eigenvalue weighted by atomic mass is 15.3. The van der Waals surface area contributed by atoms with Crippen LogP contribution in [0.2, 0.25) is 0 Å². The molecule has 1 heterocycles. The fourth-order valence-corrected chi connectivity index (χ4v) is 1.61. The molecule has 0 fully saturated rings. The number of aryl methyl sites for hydroxylation is 1. The third kappa shape index (κ3) is 2.53. The van der Waals surface area contributed by atoms with Gasteiger partial charge in [0, 0.05) is 19.8 Å². The molecule has 3 N–H and O–H groups in total. The van der Waals surface area contributed by atoms with Gasteiger partial charge >= 0.3 is 0 Å². The molecule has 0 aliphatic rings. The lowest BCUT2D eigenvalue weighted by Gasteiger charge is -2.03. The molecular weight excluding hydrogens is 200 g/mol.